The van der Waals surface area contributed by atoms with Gasteiger partial charge in [0, 0.05) is 31.1 Å². The van der Waals surface area contributed by atoms with Crippen molar-refractivity contribution in [2.45, 2.75) is 44.4 Å². The Kier molecular flexibility index (Phi) is 8.86. The van der Waals surface area contributed by atoms with E-state index < -0.39 is 18.3 Å². The molecule has 1 aromatic heterocycles. The Labute approximate surface area is 211 Å². The predicted octanol–water partition coefficient (Wildman–Crippen LogP) is 6.55. The van der Waals surface area contributed by atoms with Crippen molar-refractivity contribution in [2.75, 3.05) is 26.7 Å². The molecule has 1 aliphatic rings. The number of halogens is 2. The fourth-order valence-corrected chi connectivity index (χ4v) is 5.38. The molecule has 0 radical (unpaired) electrons. The molecule has 2 heterocycles. The fourth-order valence-electron chi connectivity index (χ4n) is 5.38. The molecular formula is C29H34F2N2O3. The summed E-state index contributed by atoms with van der Waals surface area (Å²) >= 11 is 0. The number of likely N-dealkylation sites (tertiary alicyclic amines) is 1. The Hall–Kier alpha value is -3.06. The minimum Gasteiger partial charge on any atom is -0.497 e. The third-order valence-corrected chi connectivity index (χ3v) is 7.38. The number of benzene rings is 2. The van der Waals surface area contributed by atoms with Crippen molar-refractivity contribution in [1.29, 1.82) is 0 Å². The summed E-state index contributed by atoms with van der Waals surface area (Å²) < 4.78 is 35.4. The first-order valence-electron chi connectivity index (χ1n) is 12.6. The Morgan fingerprint density at radius 2 is 1.92 bits per heavy atom. The van der Waals surface area contributed by atoms with Crippen molar-refractivity contribution in [3.8, 4) is 5.75 Å². The number of pyridine rings is 1. The lowest BCUT2D eigenvalue weighted by molar-refractivity contribution is -0.139. The number of carbonyl (C=O) groups is 1. The standard InChI is InChI=1S/C29H34F2N2O3/c1-36-23-8-10-28-25(18-23)24(11-14-32-28)27(31)9-7-20-12-15-33(19-22(20)17-29(34)35)16-13-26(30)21-5-3-2-4-6-21/h2-6,8,10-11,14,18,20,22,26-27H,7,9,12-13,15-17,19H2,1H3,(H,34,35)/t20-,22+,26+,27-/m1/s1. The molecule has 1 saturated heterocycles. The van der Waals surface area contributed by atoms with Gasteiger partial charge in [-0.2, -0.15) is 0 Å². The van der Waals surface area contributed by atoms with Crippen LogP contribution in [0.1, 0.15) is 55.6 Å². The number of carboxylic acid groups (broad SMARTS) is 1. The highest BCUT2D eigenvalue weighted by Gasteiger charge is 2.31. The average molecular weight is 497 g/mol. The first kappa shape index (κ1) is 26.0. The molecule has 2 aromatic carbocycles. The zero-order valence-electron chi connectivity index (χ0n) is 20.7. The molecule has 0 bridgehead atoms. The van der Waals surface area contributed by atoms with Crippen LogP contribution in [0, 0.1) is 11.8 Å². The van der Waals surface area contributed by atoms with Gasteiger partial charge in [-0.25, -0.2) is 8.78 Å². The number of hydrogen-bond acceptors (Lipinski definition) is 4. The number of aliphatic carboxylic acids is 1. The number of ether oxygens (including phenoxy) is 1. The Morgan fingerprint density at radius 1 is 1.11 bits per heavy atom. The Balaban J connectivity index is 1.36. The molecule has 4 rings (SSSR count). The van der Waals surface area contributed by atoms with Crippen LogP contribution in [0.25, 0.3) is 10.9 Å². The van der Waals surface area contributed by atoms with E-state index in [0.29, 0.717) is 49.2 Å². The number of alkyl halides is 2. The molecule has 1 aliphatic heterocycles. The van der Waals surface area contributed by atoms with Crippen LogP contribution in [0.3, 0.4) is 0 Å². The maximum absolute atomic E-state index is 15.5. The molecule has 1 fully saturated rings. The molecule has 5 nitrogen and oxygen atoms in total. The van der Waals surface area contributed by atoms with Crippen LogP contribution >= 0.6 is 0 Å². The molecule has 0 unspecified atom stereocenters. The number of aromatic nitrogens is 1. The molecule has 0 saturated carbocycles. The van der Waals surface area contributed by atoms with E-state index in [1.54, 1.807) is 31.5 Å². The monoisotopic (exact) mass is 496 g/mol. The zero-order valence-corrected chi connectivity index (χ0v) is 20.7. The van der Waals surface area contributed by atoms with Crippen molar-refractivity contribution in [2.24, 2.45) is 11.8 Å². The maximum Gasteiger partial charge on any atom is 0.303 e. The van der Waals surface area contributed by atoms with Gasteiger partial charge in [-0.05, 0) is 79.5 Å². The molecular weight excluding hydrogens is 462 g/mol. The minimum absolute atomic E-state index is 0.0469. The average Bonchev–Trinajstić information content (AvgIpc) is 2.90. The fraction of sp³-hybridized carbons (Fsp3) is 0.448. The summed E-state index contributed by atoms with van der Waals surface area (Å²) in [6, 6.07) is 16.3. The lowest BCUT2D eigenvalue weighted by atomic mass is 9.79. The van der Waals surface area contributed by atoms with Gasteiger partial charge in [0.25, 0.3) is 0 Å². The van der Waals surface area contributed by atoms with E-state index in [-0.39, 0.29) is 18.3 Å². The minimum atomic E-state index is -1.18. The lowest BCUT2D eigenvalue weighted by Gasteiger charge is -2.38. The second-order valence-corrected chi connectivity index (χ2v) is 9.70. The Bertz CT molecular complexity index is 1140. The number of fused-ring (bicyclic) bond motifs is 1. The van der Waals surface area contributed by atoms with E-state index in [2.05, 4.69) is 9.88 Å². The summed E-state index contributed by atoms with van der Waals surface area (Å²) in [6.45, 7) is 1.95. The van der Waals surface area contributed by atoms with E-state index in [1.807, 2.05) is 36.4 Å². The smallest absolute Gasteiger partial charge is 0.303 e. The van der Waals surface area contributed by atoms with Crippen molar-refractivity contribution in [1.82, 2.24) is 9.88 Å². The maximum atomic E-state index is 15.5. The van der Waals surface area contributed by atoms with Crippen LogP contribution in [0.4, 0.5) is 8.78 Å². The number of piperidine rings is 1. The van der Waals surface area contributed by atoms with Crippen LogP contribution in [-0.2, 0) is 4.79 Å². The van der Waals surface area contributed by atoms with Gasteiger partial charge < -0.3 is 14.7 Å². The third-order valence-electron chi connectivity index (χ3n) is 7.38. The second-order valence-electron chi connectivity index (χ2n) is 9.70. The van der Waals surface area contributed by atoms with E-state index in [9.17, 15) is 14.3 Å². The summed E-state index contributed by atoms with van der Waals surface area (Å²) in [6.07, 6.45) is 1.54. The molecule has 36 heavy (non-hydrogen) atoms. The van der Waals surface area contributed by atoms with Crippen LogP contribution in [0.2, 0.25) is 0 Å². The molecule has 7 heteroatoms. The summed E-state index contributed by atoms with van der Waals surface area (Å²) in [7, 11) is 1.58. The quantitative estimate of drug-likeness (QED) is 0.326. The largest absolute Gasteiger partial charge is 0.497 e. The number of nitrogens with zero attached hydrogens (tertiary/aromatic N) is 2. The summed E-state index contributed by atoms with van der Waals surface area (Å²) in [5.74, 6) is -0.148. The Morgan fingerprint density at radius 3 is 2.67 bits per heavy atom. The van der Waals surface area contributed by atoms with Gasteiger partial charge in [-0.3, -0.25) is 9.78 Å². The van der Waals surface area contributed by atoms with Crippen LogP contribution in [0.5, 0.6) is 5.75 Å². The van der Waals surface area contributed by atoms with E-state index in [4.69, 9.17) is 4.74 Å². The van der Waals surface area contributed by atoms with Gasteiger partial charge in [0.15, 0.2) is 0 Å². The lowest BCUT2D eigenvalue weighted by Crippen LogP contribution is -2.42. The molecule has 0 aliphatic carbocycles. The molecule has 3 aromatic rings. The van der Waals surface area contributed by atoms with Crippen LogP contribution in [-0.4, -0.2) is 47.7 Å². The highest BCUT2D eigenvalue weighted by Crippen LogP contribution is 2.36. The van der Waals surface area contributed by atoms with Crippen molar-refractivity contribution in [3.63, 3.8) is 0 Å². The van der Waals surface area contributed by atoms with Crippen LogP contribution in [0.15, 0.2) is 60.8 Å². The molecule has 1 N–H and O–H groups in total. The van der Waals surface area contributed by atoms with Crippen LogP contribution < -0.4 is 4.74 Å². The van der Waals surface area contributed by atoms with Gasteiger partial charge in [0.2, 0.25) is 0 Å². The summed E-state index contributed by atoms with van der Waals surface area (Å²) in [5.41, 5.74) is 1.97. The highest BCUT2D eigenvalue weighted by molar-refractivity contribution is 5.83. The van der Waals surface area contributed by atoms with E-state index in [1.165, 1.54) is 0 Å². The van der Waals surface area contributed by atoms with E-state index in [0.717, 1.165) is 23.9 Å². The van der Waals surface area contributed by atoms with E-state index >= 15 is 4.39 Å². The van der Waals surface area contributed by atoms with Crippen molar-refractivity contribution in [3.05, 3.63) is 71.9 Å². The second kappa shape index (κ2) is 12.3. The SMILES string of the molecule is COc1ccc2nccc([C@H](F)CC[C@@H]3CCN(CC[C@H](F)c4ccccc4)C[C@@H]3CC(=O)O)c2c1. The normalized spacial score (nSPS) is 20.2. The topological polar surface area (TPSA) is 62.7 Å². The molecule has 0 spiro atoms. The number of methoxy groups -OCH3 is 1. The summed E-state index contributed by atoms with van der Waals surface area (Å²) in [5, 5.41) is 10.2. The predicted molar refractivity (Wildman–Crippen MR) is 137 cm³/mol. The van der Waals surface area contributed by atoms with Gasteiger partial charge in [0.05, 0.1) is 12.6 Å². The molecule has 4 atom stereocenters. The van der Waals surface area contributed by atoms with Gasteiger partial charge in [-0.1, -0.05) is 30.3 Å². The van der Waals surface area contributed by atoms with Crippen molar-refractivity contribution >= 4 is 16.9 Å². The number of rotatable bonds is 11. The third kappa shape index (κ3) is 6.58. The van der Waals surface area contributed by atoms with Gasteiger partial charge >= 0.3 is 5.97 Å². The number of carboxylic acids is 1. The highest BCUT2D eigenvalue weighted by atomic mass is 19.1. The van der Waals surface area contributed by atoms with Gasteiger partial charge in [-0.15, -0.1) is 0 Å². The molecule has 192 valence electrons. The molecule has 0 amide bonds. The van der Waals surface area contributed by atoms with Crippen molar-refractivity contribution < 1.29 is 23.4 Å². The first-order chi connectivity index (χ1) is 17.4. The number of hydrogen-bond donors (Lipinski definition) is 1. The van der Waals surface area contributed by atoms with Gasteiger partial charge in [0.1, 0.15) is 18.1 Å². The summed E-state index contributed by atoms with van der Waals surface area (Å²) in [4.78, 5) is 18.1. The first-order valence-corrected chi connectivity index (χ1v) is 12.6. The zero-order chi connectivity index (χ0) is 25.5.